The lowest BCUT2D eigenvalue weighted by Gasteiger charge is -2.40. The number of ether oxygens (including phenoxy) is 1. The molecule has 0 aromatic heterocycles. The minimum absolute atomic E-state index is 0.237. The van der Waals surface area contributed by atoms with Gasteiger partial charge in [0.1, 0.15) is 11.5 Å². The van der Waals surface area contributed by atoms with Gasteiger partial charge in [0.15, 0.2) is 0 Å². The zero-order valence-corrected chi connectivity index (χ0v) is 31.0. The first-order valence-electron chi connectivity index (χ1n) is 19.6. The van der Waals surface area contributed by atoms with Crippen molar-refractivity contribution in [1.29, 1.82) is 0 Å². The summed E-state index contributed by atoms with van der Waals surface area (Å²) in [5.74, 6) is 1.85. The Balaban J connectivity index is 1.04. The second-order valence-electron chi connectivity index (χ2n) is 15.7. The summed E-state index contributed by atoms with van der Waals surface area (Å²) in [6.45, 7) is 2.39. The third-order valence-electron chi connectivity index (χ3n) is 13.0. The smallest absolute Gasteiger partial charge is 0.140 e. The van der Waals surface area contributed by atoms with Crippen molar-refractivity contribution in [3.8, 4) is 56.0 Å². The van der Waals surface area contributed by atoms with Gasteiger partial charge in [-0.2, -0.15) is 0 Å². The lowest BCUT2D eigenvalue weighted by molar-refractivity contribution is 0.442. The highest BCUT2D eigenvalue weighted by atomic mass is 16.5. The van der Waals surface area contributed by atoms with Gasteiger partial charge in [-0.1, -0.05) is 182 Å². The summed E-state index contributed by atoms with van der Waals surface area (Å²) >= 11 is 0. The molecule has 3 aliphatic rings. The Labute approximate surface area is 327 Å². The molecule has 1 unspecified atom stereocenters. The maximum Gasteiger partial charge on any atom is 0.140 e. The minimum Gasteiger partial charge on any atom is -0.456 e. The van der Waals surface area contributed by atoms with E-state index in [1.165, 1.54) is 88.8 Å². The third kappa shape index (κ3) is 4.04. The van der Waals surface area contributed by atoms with Gasteiger partial charge in [0.05, 0.1) is 5.41 Å². The zero-order chi connectivity index (χ0) is 37.0. The van der Waals surface area contributed by atoms with Gasteiger partial charge >= 0.3 is 0 Å². The third-order valence-corrected chi connectivity index (χ3v) is 13.0. The van der Waals surface area contributed by atoms with E-state index in [-0.39, 0.29) is 5.41 Å². The lowest BCUT2D eigenvalue weighted by atomic mass is 9.65. The monoisotopic (exact) mass is 712 g/mol. The van der Waals surface area contributed by atoms with Crippen LogP contribution in [0.4, 0.5) is 0 Å². The first kappa shape index (κ1) is 31.4. The molecule has 1 aliphatic heterocycles. The highest BCUT2D eigenvalue weighted by molar-refractivity contribution is 6.04. The van der Waals surface area contributed by atoms with E-state index < -0.39 is 5.41 Å². The van der Waals surface area contributed by atoms with Gasteiger partial charge in [0.25, 0.3) is 0 Å². The molecule has 0 radical (unpaired) electrons. The van der Waals surface area contributed by atoms with Gasteiger partial charge in [-0.3, -0.25) is 0 Å². The van der Waals surface area contributed by atoms with Crippen LogP contribution in [0.25, 0.3) is 55.3 Å². The molecule has 262 valence electrons. The van der Waals surface area contributed by atoms with Gasteiger partial charge in [-0.25, -0.2) is 0 Å². The highest BCUT2D eigenvalue weighted by Gasteiger charge is 2.51. The zero-order valence-electron chi connectivity index (χ0n) is 31.0. The Hall–Kier alpha value is -6.96. The quantitative estimate of drug-likeness (QED) is 0.177. The van der Waals surface area contributed by atoms with Crippen molar-refractivity contribution >= 4 is 10.8 Å². The van der Waals surface area contributed by atoms with Crippen LogP contribution in [-0.2, 0) is 10.8 Å². The van der Waals surface area contributed by atoms with Gasteiger partial charge in [-0.05, 0) is 103 Å². The predicted molar refractivity (Wildman–Crippen MR) is 230 cm³/mol. The van der Waals surface area contributed by atoms with Gasteiger partial charge in [0.2, 0.25) is 0 Å². The largest absolute Gasteiger partial charge is 0.456 e. The van der Waals surface area contributed by atoms with E-state index in [9.17, 15) is 0 Å². The Morgan fingerprint density at radius 1 is 0.339 bits per heavy atom. The Morgan fingerprint density at radius 3 is 1.57 bits per heavy atom. The number of fused-ring (bicyclic) bond motifs is 14. The molecule has 0 saturated carbocycles. The Morgan fingerprint density at radius 2 is 0.857 bits per heavy atom. The van der Waals surface area contributed by atoms with Crippen molar-refractivity contribution < 1.29 is 4.74 Å². The molecule has 56 heavy (non-hydrogen) atoms. The van der Waals surface area contributed by atoms with E-state index >= 15 is 0 Å². The fourth-order valence-electron chi connectivity index (χ4n) is 10.5. The minimum atomic E-state index is -0.524. The summed E-state index contributed by atoms with van der Waals surface area (Å²) in [4.78, 5) is 0. The average molecular weight is 713 g/mol. The summed E-state index contributed by atoms with van der Waals surface area (Å²) in [6.07, 6.45) is 0. The molecule has 12 rings (SSSR count). The topological polar surface area (TPSA) is 9.23 Å². The van der Waals surface area contributed by atoms with Crippen LogP contribution in [0.2, 0.25) is 0 Å². The van der Waals surface area contributed by atoms with Gasteiger partial charge in [0, 0.05) is 21.9 Å². The SMILES string of the molecule is CC1(c2ccccc2)c2ccccc2-c2ccc(-c3ccc(-c4cc5c(c6ccccc46)Oc4ccccc4C54c5ccccc5-c5ccccc54)cc3)cc21. The number of para-hydroxylation sites is 1. The molecule has 1 nitrogen and oxygen atoms in total. The average Bonchev–Trinajstić information content (AvgIpc) is 3.71. The molecule has 9 aromatic rings. The van der Waals surface area contributed by atoms with Crippen LogP contribution < -0.4 is 4.74 Å². The molecule has 0 amide bonds. The van der Waals surface area contributed by atoms with Crippen molar-refractivity contribution in [1.82, 2.24) is 0 Å². The molecule has 1 heteroatoms. The maximum atomic E-state index is 6.98. The number of benzene rings is 9. The molecule has 2 aliphatic carbocycles. The summed E-state index contributed by atoms with van der Waals surface area (Å²) in [5, 5.41) is 2.31. The number of rotatable bonds is 3. The molecule has 1 spiro atoms. The van der Waals surface area contributed by atoms with Crippen LogP contribution in [0, 0.1) is 0 Å². The van der Waals surface area contributed by atoms with E-state index in [1.54, 1.807) is 0 Å². The molecular formula is C55H36O. The van der Waals surface area contributed by atoms with Gasteiger partial charge < -0.3 is 4.74 Å². The summed E-state index contributed by atoms with van der Waals surface area (Å²) in [7, 11) is 0. The second kappa shape index (κ2) is 11.5. The molecule has 0 bridgehead atoms. The first-order chi connectivity index (χ1) is 27.7. The fourth-order valence-corrected chi connectivity index (χ4v) is 10.5. The summed E-state index contributed by atoms with van der Waals surface area (Å²) in [6, 6.07) is 73.9. The van der Waals surface area contributed by atoms with Crippen molar-refractivity contribution in [2.24, 2.45) is 0 Å². The normalized spacial score (nSPS) is 16.3. The number of hydrogen-bond donors (Lipinski definition) is 0. The second-order valence-corrected chi connectivity index (χ2v) is 15.7. The lowest BCUT2D eigenvalue weighted by Crippen LogP contribution is -2.32. The molecular weight excluding hydrogens is 677 g/mol. The van der Waals surface area contributed by atoms with Crippen molar-refractivity contribution in [2.45, 2.75) is 17.8 Å². The Kier molecular flexibility index (Phi) is 6.46. The van der Waals surface area contributed by atoms with Crippen LogP contribution in [0.15, 0.2) is 200 Å². The van der Waals surface area contributed by atoms with E-state index in [1.807, 2.05) is 0 Å². The highest BCUT2D eigenvalue weighted by Crippen LogP contribution is 2.63. The molecule has 0 N–H and O–H groups in total. The van der Waals surface area contributed by atoms with Crippen LogP contribution in [0.1, 0.15) is 45.9 Å². The van der Waals surface area contributed by atoms with E-state index in [2.05, 4.69) is 207 Å². The Bertz CT molecular complexity index is 3020. The summed E-state index contributed by atoms with van der Waals surface area (Å²) in [5.41, 5.74) is 18.3. The molecule has 1 heterocycles. The first-order valence-corrected chi connectivity index (χ1v) is 19.6. The summed E-state index contributed by atoms with van der Waals surface area (Å²) < 4.78 is 6.98. The van der Waals surface area contributed by atoms with Crippen LogP contribution in [-0.4, -0.2) is 0 Å². The molecule has 0 saturated heterocycles. The van der Waals surface area contributed by atoms with Crippen LogP contribution >= 0.6 is 0 Å². The van der Waals surface area contributed by atoms with Crippen molar-refractivity contribution in [2.75, 3.05) is 0 Å². The molecule has 0 fully saturated rings. The number of hydrogen-bond acceptors (Lipinski definition) is 1. The van der Waals surface area contributed by atoms with Crippen molar-refractivity contribution in [3.63, 3.8) is 0 Å². The fraction of sp³-hybridized carbons (Fsp3) is 0.0545. The standard InChI is InChI=1S/C55H36O/c1-54(38-15-3-2-4-16-38)46-22-10-7-18-40(46)43-32-31-37(33-50(43)54)35-27-29-36(30-28-35)45-34-51-53(44-21-6-5-17-39(44)45)56-52-26-14-13-25-49(52)55(51)47-23-11-8-19-41(47)42-20-9-12-24-48(42)55/h2-34H,1H3. The van der Waals surface area contributed by atoms with E-state index in [4.69, 9.17) is 4.74 Å². The molecule has 9 aromatic carbocycles. The van der Waals surface area contributed by atoms with E-state index in [0.29, 0.717) is 0 Å². The van der Waals surface area contributed by atoms with Crippen molar-refractivity contribution in [3.05, 3.63) is 239 Å². The van der Waals surface area contributed by atoms with Gasteiger partial charge in [-0.15, -0.1) is 0 Å². The predicted octanol–water partition coefficient (Wildman–Crippen LogP) is 14.0. The maximum absolute atomic E-state index is 6.98. The van der Waals surface area contributed by atoms with Crippen LogP contribution in [0.3, 0.4) is 0 Å². The van der Waals surface area contributed by atoms with E-state index in [0.717, 1.165) is 16.9 Å². The molecule has 1 atom stereocenters. The van der Waals surface area contributed by atoms with Crippen LogP contribution in [0.5, 0.6) is 11.5 Å².